The number of nitrogens with one attached hydrogen (secondary N) is 1. The SMILES string of the molecule is CCC(CC)CN=C1NC2(CCCC(C)C2)CS1. The van der Waals surface area contributed by atoms with Gasteiger partial charge in [-0.05, 0) is 24.7 Å². The van der Waals surface area contributed by atoms with Crippen LogP contribution < -0.4 is 5.32 Å². The van der Waals surface area contributed by atoms with Crippen LogP contribution in [0.2, 0.25) is 0 Å². The summed E-state index contributed by atoms with van der Waals surface area (Å²) in [5.41, 5.74) is 0.384. The average molecular weight is 268 g/mol. The van der Waals surface area contributed by atoms with E-state index in [1.807, 2.05) is 11.8 Å². The molecule has 2 nitrogen and oxygen atoms in total. The quantitative estimate of drug-likeness (QED) is 0.831. The third kappa shape index (κ3) is 3.43. The topological polar surface area (TPSA) is 24.4 Å². The summed E-state index contributed by atoms with van der Waals surface area (Å²) < 4.78 is 0. The normalized spacial score (nSPS) is 34.4. The van der Waals surface area contributed by atoms with Crippen LogP contribution in [-0.2, 0) is 0 Å². The van der Waals surface area contributed by atoms with Gasteiger partial charge >= 0.3 is 0 Å². The fourth-order valence-corrected chi connectivity index (χ4v) is 4.46. The van der Waals surface area contributed by atoms with Crippen molar-refractivity contribution in [1.29, 1.82) is 0 Å². The predicted molar refractivity (Wildman–Crippen MR) is 82.3 cm³/mol. The Morgan fingerprint density at radius 2 is 2.22 bits per heavy atom. The predicted octanol–water partition coefficient (Wildman–Crippen LogP) is 4.06. The van der Waals surface area contributed by atoms with Crippen molar-refractivity contribution in [3.05, 3.63) is 0 Å². The van der Waals surface area contributed by atoms with Crippen LogP contribution in [0.4, 0.5) is 0 Å². The number of aliphatic imine (C=N–C) groups is 1. The zero-order valence-corrected chi connectivity index (χ0v) is 13.0. The molecule has 1 spiro atoms. The summed E-state index contributed by atoms with van der Waals surface area (Å²) in [5.74, 6) is 2.88. The average Bonchev–Trinajstić information content (AvgIpc) is 2.73. The number of hydrogen-bond acceptors (Lipinski definition) is 2. The summed E-state index contributed by atoms with van der Waals surface area (Å²) in [5, 5.41) is 4.97. The highest BCUT2D eigenvalue weighted by molar-refractivity contribution is 8.14. The third-order valence-corrected chi connectivity index (χ3v) is 5.80. The molecular formula is C15H28N2S. The highest BCUT2D eigenvalue weighted by Gasteiger charge is 2.40. The van der Waals surface area contributed by atoms with Crippen LogP contribution in [0.25, 0.3) is 0 Å². The minimum atomic E-state index is 0.384. The minimum Gasteiger partial charge on any atom is -0.359 e. The maximum absolute atomic E-state index is 4.81. The molecule has 1 saturated heterocycles. The molecule has 1 saturated carbocycles. The van der Waals surface area contributed by atoms with Gasteiger partial charge in [0.2, 0.25) is 0 Å². The molecule has 1 heterocycles. The van der Waals surface area contributed by atoms with E-state index in [0.717, 1.165) is 18.4 Å². The molecular weight excluding hydrogens is 240 g/mol. The van der Waals surface area contributed by atoms with E-state index in [2.05, 4.69) is 26.1 Å². The smallest absolute Gasteiger partial charge is 0.157 e. The van der Waals surface area contributed by atoms with Crippen LogP contribution in [-0.4, -0.2) is 23.0 Å². The van der Waals surface area contributed by atoms with Crippen molar-refractivity contribution in [3.63, 3.8) is 0 Å². The molecule has 2 aliphatic rings. The summed E-state index contributed by atoms with van der Waals surface area (Å²) in [7, 11) is 0. The molecule has 0 radical (unpaired) electrons. The van der Waals surface area contributed by atoms with Gasteiger partial charge < -0.3 is 5.32 Å². The molecule has 0 aromatic rings. The van der Waals surface area contributed by atoms with E-state index >= 15 is 0 Å². The van der Waals surface area contributed by atoms with Gasteiger partial charge in [0.05, 0.1) is 0 Å². The first-order chi connectivity index (χ1) is 8.67. The molecule has 2 atom stereocenters. The van der Waals surface area contributed by atoms with Crippen molar-refractivity contribution >= 4 is 16.9 Å². The van der Waals surface area contributed by atoms with Crippen LogP contribution in [0, 0.1) is 11.8 Å². The van der Waals surface area contributed by atoms with Crippen LogP contribution in [0.5, 0.6) is 0 Å². The maximum Gasteiger partial charge on any atom is 0.157 e. The fourth-order valence-electron chi connectivity index (χ4n) is 3.25. The standard InChI is InChI=1S/C15H28N2S/c1-4-13(5-2)10-16-14-17-15(11-18-14)8-6-7-12(3)9-15/h12-13H,4-11H2,1-3H3,(H,16,17). The van der Waals surface area contributed by atoms with Crippen LogP contribution in [0.15, 0.2) is 4.99 Å². The van der Waals surface area contributed by atoms with Crippen LogP contribution in [0.3, 0.4) is 0 Å². The van der Waals surface area contributed by atoms with Crippen LogP contribution in [0.1, 0.15) is 59.3 Å². The lowest BCUT2D eigenvalue weighted by atomic mass is 9.78. The van der Waals surface area contributed by atoms with Gasteiger partial charge in [-0.25, -0.2) is 0 Å². The lowest BCUT2D eigenvalue weighted by molar-refractivity contribution is 0.242. The van der Waals surface area contributed by atoms with E-state index < -0.39 is 0 Å². The zero-order chi connectivity index (χ0) is 13.0. The Morgan fingerprint density at radius 1 is 1.44 bits per heavy atom. The molecule has 3 heteroatoms. The maximum atomic E-state index is 4.81. The van der Waals surface area contributed by atoms with Crippen molar-refractivity contribution in [2.75, 3.05) is 12.3 Å². The molecule has 1 aliphatic carbocycles. The van der Waals surface area contributed by atoms with Gasteiger partial charge in [0.1, 0.15) is 0 Å². The van der Waals surface area contributed by atoms with Crippen molar-refractivity contribution < 1.29 is 0 Å². The number of thioether (sulfide) groups is 1. The largest absolute Gasteiger partial charge is 0.359 e. The lowest BCUT2D eigenvalue weighted by Gasteiger charge is -2.36. The zero-order valence-electron chi connectivity index (χ0n) is 12.2. The van der Waals surface area contributed by atoms with Crippen molar-refractivity contribution in [1.82, 2.24) is 5.32 Å². The van der Waals surface area contributed by atoms with E-state index in [-0.39, 0.29) is 0 Å². The van der Waals surface area contributed by atoms with Gasteiger partial charge in [-0.3, -0.25) is 4.99 Å². The molecule has 1 N–H and O–H groups in total. The highest BCUT2D eigenvalue weighted by Crippen LogP contribution is 2.38. The second-order valence-electron chi connectivity index (χ2n) is 6.22. The van der Waals surface area contributed by atoms with Crippen LogP contribution >= 0.6 is 11.8 Å². The molecule has 0 aromatic heterocycles. The molecule has 18 heavy (non-hydrogen) atoms. The summed E-state index contributed by atoms with van der Waals surface area (Å²) in [4.78, 5) is 4.81. The van der Waals surface area contributed by atoms with Crippen molar-refractivity contribution in [2.24, 2.45) is 16.8 Å². The fraction of sp³-hybridized carbons (Fsp3) is 0.933. The van der Waals surface area contributed by atoms with Gasteiger partial charge in [0, 0.05) is 17.8 Å². The van der Waals surface area contributed by atoms with Gasteiger partial charge in [-0.1, -0.05) is 58.2 Å². The Morgan fingerprint density at radius 3 is 2.89 bits per heavy atom. The molecule has 0 bridgehead atoms. The first kappa shape index (κ1) is 14.2. The Kier molecular flexibility index (Phi) is 4.99. The van der Waals surface area contributed by atoms with E-state index in [1.54, 1.807) is 0 Å². The minimum absolute atomic E-state index is 0.384. The molecule has 104 valence electrons. The first-order valence-corrected chi connectivity index (χ1v) is 8.61. The van der Waals surface area contributed by atoms with E-state index in [1.165, 1.54) is 49.4 Å². The summed E-state index contributed by atoms with van der Waals surface area (Å²) in [6, 6.07) is 0. The number of hydrogen-bond donors (Lipinski definition) is 1. The first-order valence-electron chi connectivity index (χ1n) is 7.63. The van der Waals surface area contributed by atoms with Gasteiger partial charge in [0.15, 0.2) is 5.17 Å². The van der Waals surface area contributed by atoms with Crippen molar-refractivity contribution in [2.45, 2.75) is 64.8 Å². The molecule has 2 rings (SSSR count). The Labute approximate surface area is 116 Å². The third-order valence-electron chi connectivity index (χ3n) is 4.60. The van der Waals surface area contributed by atoms with Gasteiger partial charge in [-0.15, -0.1) is 0 Å². The number of nitrogens with zero attached hydrogens (tertiary/aromatic N) is 1. The summed E-state index contributed by atoms with van der Waals surface area (Å²) in [6.45, 7) is 7.95. The Bertz CT molecular complexity index is 299. The monoisotopic (exact) mass is 268 g/mol. The lowest BCUT2D eigenvalue weighted by Crippen LogP contribution is -2.47. The molecule has 1 aliphatic heterocycles. The molecule has 2 unspecified atom stereocenters. The second-order valence-corrected chi connectivity index (χ2v) is 7.19. The molecule has 2 fully saturated rings. The van der Waals surface area contributed by atoms with E-state index in [0.29, 0.717) is 5.54 Å². The van der Waals surface area contributed by atoms with Crippen molar-refractivity contribution in [3.8, 4) is 0 Å². The van der Waals surface area contributed by atoms with E-state index in [4.69, 9.17) is 4.99 Å². The highest BCUT2D eigenvalue weighted by atomic mass is 32.2. The number of rotatable bonds is 4. The molecule has 0 amide bonds. The summed E-state index contributed by atoms with van der Waals surface area (Å²) in [6.07, 6.45) is 7.97. The molecule has 0 aromatic carbocycles. The summed E-state index contributed by atoms with van der Waals surface area (Å²) >= 11 is 1.95. The van der Waals surface area contributed by atoms with Gasteiger partial charge in [-0.2, -0.15) is 0 Å². The Hall–Kier alpha value is -0.180. The Balaban J connectivity index is 1.89. The number of amidine groups is 1. The van der Waals surface area contributed by atoms with Gasteiger partial charge in [0.25, 0.3) is 0 Å². The van der Waals surface area contributed by atoms with E-state index in [9.17, 15) is 0 Å². The second kappa shape index (κ2) is 6.31.